The minimum Gasteiger partial charge on any atom is -0.379 e. The van der Waals surface area contributed by atoms with Crippen molar-refractivity contribution in [2.45, 2.75) is 65.3 Å². The van der Waals surface area contributed by atoms with E-state index in [0.29, 0.717) is 23.7 Å². The van der Waals surface area contributed by atoms with E-state index >= 15 is 0 Å². The predicted molar refractivity (Wildman–Crippen MR) is 152 cm³/mol. The number of fused-ring (bicyclic) bond motifs is 1. The summed E-state index contributed by atoms with van der Waals surface area (Å²) in [4.78, 5) is 29.5. The molecule has 2 aromatic heterocycles. The molecule has 2 aliphatic rings. The molecule has 5 rings (SSSR count). The molecule has 0 amide bonds. The molecule has 0 aliphatic carbocycles. The molecule has 1 aromatic carbocycles. The molecular formula is C29H40N8O2. The van der Waals surface area contributed by atoms with E-state index in [1.165, 1.54) is 11.1 Å². The van der Waals surface area contributed by atoms with Gasteiger partial charge in [0.25, 0.3) is 0 Å². The van der Waals surface area contributed by atoms with Crippen molar-refractivity contribution in [1.82, 2.24) is 28.9 Å². The van der Waals surface area contributed by atoms with Crippen LogP contribution in [0.5, 0.6) is 0 Å². The molecule has 2 fully saturated rings. The highest BCUT2D eigenvalue weighted by Crippen LogP contribution is 2.32. The molecule has 10 nitrogen and oxygen atoms in total. The summed E-state index contributed by atoms with van der Waals surface area (Å²) >= 11 is 0. The summed E-state index contributed by atoms with van der Waals surface area (Å²) in [5.41, 5.74) is 3.78. The van der Waals surface area contributed by atoms with Gasteiger partial charge in [-0.15, -0.1) is 0 Å². The van der Waals surface area contributed by atoms with E-state index in [2.05, 4.69) is 70.8 Å². The summed E-state index contributed by atoms with van der Waals surface area (Å²) in [6, 6.07) is 11.8. The molecule has 3 aromatic rings. The van der Waals surface area contributed by atoms with Crippen molar-refractivity contribution >= 4 is 17.0 Å². The largest absolute Gasteiger partial charge is 0.379 e. The number of aromatic nitrogens is 4. The first-order valence-corrected chi connectivity index (χ1v) is 14.1. The first-order valence-electron chi connectivity index (χ1n) is 14.1. The van der Waals surface area contributed by atoms with E-state index in [0.717, 1.165) is 51.6 Å². The molecule has 2 saturated heterocycles. The minimum absolute atomic E-state index is 0.134. The van der Waals surface area contributed by atoms with Crippen LogP contribution >= 0.6 is 0 Å². The van der Waals surface area contributed by atoms with Crippen LogP contribution in [0, 0.1) is 11.3 Å². The molecule has 0 bridgehead atoms. The van der Waals surface area contributed by atoms with Gasteiger partial charge in [0.05, 0.1) is 25.7 Å². The molecule has 0 saturated carbocycles. The number of hydrogen-bond acceptors (Lipinski definition) is 8. The number of nitriles is 1. The molecule has 208 valence electrons. The Morgan fingerprint density at radius 2 is 1.92 bits per heavy atom. The number of rotatable bonds is 7. The van der Waals surface area contributed by atoms with E-state index in [-0.39, 0.29) is 30.2 Å². The number of hydrogen-bond donors (Lipinski definition) is 0. The lowest BCUT2D eigenvalue weighted by Gasteiger charge is -2.47. The van der Waals surface area contributed by atoms with Crippen LogP contribution in [-0.4, -0.2) is 80.4 Å². The summed E-state index contributed by atoms with van der Waals surface area (Å²) < 4.78 is 9.02. The second-order valence-electron chi connectivity index (χ2n) is 10.9. The van der Waals surface area contributed by atoms with E-state index in [9.17, 15) is 10.1 Å². The average molecular weight is 533 g/mol. The zero-order valence-corrected chi connectivity index (χ0v) is 23.8. The van der Waals surface area contributed by atoms with Crippen LogP contribution in [0.4, 0.5) is 5.82 Å². The van der Waals surface area contributed by atoms with Crippen molar-refractivity contribution in [2.75, 3.05) is 44.3 Å². The number of anilines is 1. The first-order chi connectivity index (χ1) is 18.8. The highest BCUT2D eigenvalue weighted by atomic mass is 16.5. The second-order valence-corrected chi connectivity index (χ2v) is 10.9. The topological polar surface area (TPSA) is 95.5 Å². The number of imidazole rings is 1. The Morgan fingerprint density at radius 3 is 2.64 bits per heavy atom. The Morgan fingerprint density at radius 1 is 1.15 bits per heavy atom. The molecule has 1 unspecified atom stereocenters. The van der Waals surface area contributed by atoms with E-state index in [1.807, 2.05) is 11.5 Å². The standard InChI is InChI=1S/C29H40N8O2/c1-6-35-25(10-11-30)31-26-27(32-29(38)33(5)28(26)35)37-18-20(2)36(17-21(37)3)22(4)24-9-7-8-23(16-24)19-34-12-14-39-15-13-34/h7-9,16,20-22H,6,10,12-15,17-19H2,1-5H3/t20-,21+,22?/m1/s1. The van der Waals surface area contributed by atoms with E-state index < -0.39 is 0 Å². The van der Waals surface area contributed by atoms with Crippen LogP contribution in [0.25, 0.3) is 11.2 Å². The fourth-order valence-electron chi connectivity index (χ4n) is 6.18. The van der Waals surface area contributed by atoms with Gasteiger partial charge >= 0.3 is 5.69 Å². The lowest BCUT2D eigenvalue weighted by molar-refractivity contribution is 0.0341. The maximum Gasteiger partial charge on any atom is 0.350 e. The fourth-order valence-corrected chi connectivity index (χ4v) is 6.18. The van der Waals surface area contributed by atoms with Crippen molar-refractivity contribution in [3.63, 3.8) is 0 Å². The van der Waals surface area contributed by atoms with Gasteiger partial charge in [-0.2, -0.15) is 10.2 Å². The molecular weight excluding hydrogens is 492 g/mol. The van der Waals surface area contributed by atoms with Crippen molar-refractivity contribution in [3.05, 3.63) is 51.7 Å². The van der Waals surface area contributed by atoms with Crippen LogP contribution in [0.15, 0.2) is 29.1 Å². The van der Waals surface area contributed by atoms with Gasteiger partial charge in [0.1, 0.15) is 17.0 Å². The zero-order chi connectivity index (χ0) is 27.7. The summed E-state index contributed by atoms with van der Waals surface area (Å²) in [7, 11) is 1.73. The predicted octanol–water partition coefficient (Wildman–Crippen LogP) is 2.71. The van der Waals surface area contributed by atoms with Gasteiger partial charge < -0.3 is 14.2 Å². The third-order valence-corrected chi connectivity index (χ3v) is 8.34. The monoisotopic (exact) mass is 532 g/mol. The van der Waals surface area contributed by atoms with Crippen LogP contribution in [0.1, 0.15) is 50.7 Å². The van der Waals surface area contributed by atoms with Crippen LogP contribution < -0.4 is 10.6 Å². The maximum atomic E-state index is 13.0. The Labute approximate surface area is 230 Å². The highest BCUT2D eigenvalue weighted by molar-refractivity contribution is 5.84. The molecule has 4 heterocycles. The number of piperazine rings is 1. The Kier molecular flexibility index (Phi) is 8.03. The average Bonchev–Trinajstić information content (AvgIpc) is 3.31. The van der Waals surface area contributed by atoms with Gasteiger partial charge in [-0.1, -0.05) is 24.3 Å². The van der Waals surface area contributed by atoms with Crippen LogP contribution in [0.2, 0.25) is 0 Å². The summed E-state index contributed by atoms with van der Waals surface area (Å²) in [5.74, 6) is 1.29. The third-order valence-electron chi connectivity index (χ3n) is 8.34. The zero-order valence-electron chi connectivity index (χ0n) is 23.8. The van der Waals surface area contributed by atoms with Crippen molar-refractivity contribution in [1.29, 1.82) is 5.26 Å². The minimum atomic E-state index is -0.302. The maximum absolute atomic E-state index is 13.0. The normalized spacial score (nSPS) is 21.8. The van der Waals surface area contributed by atoms with Gasteiger partial charge in [-0.25, -0.2) is 9.78 Å². The number of benzene rings is 1. The third kappa shape index (κ3) is 5.31. The summed E-state index contributed by atoms with van der Waals surface area (Å²) in [6.45, 7) is 15.5. The van der Waals surface area contributed by atoms with E-state index in [4.69, 9.17) is 9.72 Å². The quantitative estimate of drug-likeness (QED) is 0.459. The first kappa shape index (κ1) is 27.3. The SMILES string of the molecule is CCn1c(CC#N)nc2c(N3C[C@@H](C)N(C(C)c4cccc(CN5CCOCC5)c4)C[C@@H]3C)nc(=O)n(C)c21. The molecule has 0 radical (unpaired) electrons. The summed E-state index contributed by atoms with van der Waals surface area (Å²) in [5, 5.41) is 9.35. The number of morpholine rings is 1. The molecule has 3 atom stereocenters. The molecule has 0 N–H and O–H groups in total. The van der Waals surface area contributed by atoms with Crippen molar-refractivity contribution in [2.24, 2.45) is 7.05 Å². The number of ether oxygens (including phenoxy) is 1. The number of nitrogens with zero attached hydrogens (tertiary/aromatic N) is 8. The van der Waals surface area contributed by atoms with E-state index in [1.54, 1.807) is 11.6 Å². The van der Waals surface area contributed by atoms with Crippen molar-refractivity contribution in [3.8, 4) is 6.07 Å². The lowest BCUT2D eigenvalue weighted by Crippen LogP contribution is -2.57. The Balaban J connectivity index is 1.39. The fraction of sp³-hybridized carbons (Fsp3) is 0.586. The van der Waals surface area contributed by atoms with Gasteiger partial charge in [-0.05, 0) is 38.8 Å². The smallest absolute Gasteiger partial charge is 0.350 e. The lowest BCUT2D eigenvalue weighted by atomic mass is 9.99. The van der Waals surface area contributed by atoms with Gasteiger partial charge in [0.2, 0.25) is 0 Å². The van der Waals surface area contributed by atoms with Crippen molar-refractivity contribution < 1.29 is 4.74 Å². The molecule has 0 spiro atoms. The Hall–Kier alpha value is -3.26. The second kappa shape index (κ2) is 11.5. The summed E-state index contributed by atoms with van der Waals surface area (Å²) in [6.07, 6.45) is 0.192. The van der Waals surface area contributed by atoms with Gasteiger partial charge in [0.15, 0.2) is 5.82 Å². The van der Waals surface area contributed by atoms with Crippen LogP contribution in [-0.2, 0) is 31.3 Å². The highest BCUT2D eigenvalue weighted by Gasteiger charge is 2.35. The molecule has 10 heteroatoms. The molecule has 2 aliphatic heterocycles. The molecule has 39 heavy (non-hydrogen) atoms. The van der Waals surface area contributed by atoms with Crippen LogP contribution in [0.3, 0.4) is 0 Å². The Bertz CT molecular complexity index is 1420. The van der Waals surface area contributed by atoms with Gasteiger partial charge in [0, 0.05) is 64.4 Å². The van der Waals surface area contributed by atoms with Gasteiger partial charge in [-0.3, -0.25) is 14.4 Å². The number of aryl methyl sites for hydroxylation is 2.